The van der Waals surface area contributed by atoms with Crippen molar-refractivity contribution >= 4 is 27.5 Å². The molecule has 19 heteroatoms. The quantitative estimate of drug-likeness (QED) is 0.203. The first-order valence-corrected chi connectivity index (χ1v) is 19.6. The maximum atomic E-state index is 15.4. The molecule has 7 rings (SSSR count). The third kappa shape index (κ3) is 7.78. The molecule has 3 aromatic rings. The number of methoxy groups -OCH3 is 1. The van der Waals surface area contributed by atoms with Crippen LogP contribution in [0.5, 0.6) is 0 Å². The number of allylic oxidation sites excluding steroid dienone is 2. The predicted molar refractivity (Wildman–Crippen MR) is 195 cm³/mol. The second-order valence-electron chi connectivity index (χ2n) is 15.4. The number of guanidine groups is 1. The smallest absolute Gasteiger partial charge is 0.293 e. The molecule has 1 aromatic carbocycles. The summed E-state index contributed by atoms with van der Waals surface area (Å²) in [5.74, 6) is -1.92. The van der Waals surface area contributed by atoms with E-state index in [0.717, 1.165) is 18.4 Å². The van der Waals surface area contributed by atoms with Crippen molar-refractivity contribution in [3.63, 3.8) is 0 Å². The number of hydrazone groups is 1. The Morgan fingerprint density at radius 2 is 1.81 bits per heavy atom. The minimum Gasteiger partial charge on any atom is -0.482 e. The minimum atomic E-state index is -3.82. The molecule has 2 aliphatic heterocycles. The number of ether oxygens (including phenoxy) is 1. The molecular weight excluding hydrogens is 779 g/mol. The molecule has 4 aliphatic rings. The fourth-order valence-corrected chi connectivity index (χ4v) is 7.97. The van der Waals surface area contributed by atoms with Crippen LogP contribution in [0.25, 0.3) is 5.57 Å². The second kappa shape index (κ2) is 14.1. The zero-order valence-corrected chi connectivity index (χ0v) is 32.4. The first kappa shape index (κ1) is 39.7. The number of carbonyl (C=O) groups is 1. The number of carbonyl (C=O) groups excluding carboxylic acids is 1. The molecule has 1 amide bonds. The van der Waals surface area contributed by atoms with E-state index in [0.29, 0.717) is 21.9 Å². The fraction of sp³-hybridized carbons (Fsp3) is 0.421. The standard InChI is InChI=1S/C38H38F6N8O4S/c1-37(2,3)12-11-22-7-8-23(24-9-10-29(56-5)52-35(24)50(4)48-36(52)49-57(6,54)55)31(45-22)27(15-19-13-20(39)16-21(40)14-19)46-28(53)18-51-33-30(32(47-51)34(41)42)25-17-26(25)38(33,43)44/h7-10,13-14,16,25-27,34-35H,15,17-18H2,1-6H3,(H,46,53)(H,48,49)/t25-,26+,27-,35?/m0/s1. The molecule has 57 heavy (non-hydrogen) atoms. The number of hydrogen-bond acceptors (Lipinski definition) is 9. The molecule has 0 spiro atoms. The van der Waals surface area contributed by atoms with Crippen LogP contribution < -0.4 is 10.0 Å². The highest BCUT2D eigenvalue weighted by Gasteiger charge is 2.67. The van der Waals surface area contributed by atoms with Crippen LogP contribution in [-0.2, 0) is 38.4 Å². The number of aromatic nitrogens is 3. The summed E-state index contributed by atoms with van der Waals surface area (Å²) in [6.07, 6.45) is -0.0863. The topological polar surface area (TPSA) is 134 Å². The molecule has 302 valence electrons. The molecule has 1 unspecified atom stereocenters. The largest absolute Gasteiger partial charge is 0.482 e. The third-order valence-electron chi connectivity index (χ3n) is 9.78. The average molecular weight is 817 g/mol. The van der Waals surface area contributed by atoms with Gasteiger partial charge in [0.1, 0.15) is 35.3 Å². The summed E-state index contributed by atoms with van der Waals surface area (Å²) in [7, 11) is -0.851. The first-order valence-electron chi connectivity index (χ1n) is 17.8. The van der Waals surface area contributed by atoms with Crippen LogP contribution in [0.2, 0.25) is 0 Å². The molecule has 4 heterocycles. The number of benzene rings is 1. The molecule has 2 N–H and O–H groups in total. The van der Waals surface area contributed by atoms with Gasteiger partial charge in [0, 0.05) is 41.1 Å². The van der Waals surface area contributed by atoms with Crippen molar-refractivity contribution < 1.29 is 44.3 Å². The Bertz CT molecular complexity index is 2410. The SMILES string of the molecule is COC1=CC=C(c2ccc(C#CC(C)(C)C)nc2[C@H](Cc2cc(F)cc(F)c2)NC(=O)Cn2nc(C(F)F)c3c2C(F)(F)[C@@H]2C[C@H]32)C2N(C)N=C(NS(C)(=O)=O)N12. The Kier molecular flexibility index (Phi) is 9.86. The van der Waals surface area contributed by atoms with Gasteiger partial charge in [0.15, 0.2) is 12.0 Å². The Labute approximate surface area is 324 Å². The zero-order chi connectivity index (χ0) is 41.4. The lowest BCUT2D eigenvalue weighted by atomic mass is 9.91. The monoisotopic (exact) mass is 816 g/mol. The van der Waals surface area contributed by atoms with Crippen molar-refractivity contribution in [1.29, 1.82) is 0 Å². The number of halogens is 6. The number of sulfonamides is 1. The summed E-state index contributed by atoms with van der Waals surface area (Å²) >= 11 is 0. The zero-order valence-electron chi connectivity index (χ0n) is 31.5. The van der Waals surface area contributed by atoms with E-state index in [2.05, 4.69) is 32.1 Å². The number of fused-ring (bicyclic) bond motifs is 4. The Balaban J connectivity index is 1.34. The van der Waals surface area contributed by atoms with Crippen LogP contribution in [0.1, 0.15) is 85.0 Å². The average Bonchev–Trinajstić information content (AvgIpc) is 3.65. The number of amides is 1. The number of hydrogen-bond donors (Lipinski definition) is 2. The molecule has 12 nitrogen and oxygen atoms in total. The summed E-state index contributed by atoms with van der Waals surface area (Å²) in [6, 6.07) is 4.83. The van der Waals surface area contributed by atoms with Crippen molar-refractivity contribution in [2.45, 2.75) is 70.6 Å². The highest BCUT2D eigenvalue weighted by molar-refractivity contribution is 7.89. The lowest BCUT2D eigenvalue weighted by Gasteiger charge is -2.35. The van der Waals surface area contributed by atoms with E-state index in [1.165, 1.54) is 17.0 Å². The van der Waals surface area contributed by atoms with Gasteiger partial charge in [-0.3, -0.25) is 24.1 Å². The van der Waals surface area contributed by atoms with E-state index < -0.39 is 87.3 Å². The van der Waals surface area contributed by atoms with E-state index in [1.54, 1.807) is 31.3 Å². The maximum absolute atomic E-state index is 15.4. The van der Waals surface area contributed by atoms with Gasteiger partial charge in [-0.2, -0.15) is 13.9 Å². The van der Waals surface area contributed by atoms with Crippen molar-refractivity contribution in [3.05, 3.63) is 99.5 Å². The lowest BCUT2D eigenvalue weighted by Crippen LogP contribution is -2.48. The van der Waals surface area contributed by atoms with E-state index in [1.807, 2.05) is 20.8 Å². The number of rotatable bonds is 10. The molecule has 1 saturated carbocycles. The van der Waals surface area contributed by atoms with E-state index in [4.69, 9.17) is 9.72 Å². The predicted octanol–water partition coefficient (Wildman–Crippen LogP) is 5.48. The number of pyridine rings is 1. The van der Waals surface area contributed by atoms with Crippen molar-refractivity contribution in [2.75, 3.05) is 20.4 Å². The molecule has 1 fully saturated rings. The summed E-state index contributed by atoms with van der Waals surface area (Å²) < 4.78 is 121. The summed E-state index contributed by atoms with van der Waals surface area (Å²) in [4.78, 5) is 20.3. The minimum absolute atomic E-state index is 0.0359. The Morgan fingerprint density at radius 1 is 1.11 bits per heavy atom. The van der Waals surface area contributed by atoms with Crippen LogP contribution in [-0.4, -0.2) is 71.5 Å². The molecule has 4 atom stereocenters. The molecular formula is C38H38F6N8O4S. The van der Waals surface area contributed by atoms with Crippen LogP contribution in [0, 0.1) is 34.8 Å². The summed E-state index contributed by atoms with van der Waals surface area (Å²) in [6.45, 7) is 4.77. The number of nitrogens with one attached hydrogen (secondary N) is 2. The highest BCUT2D eigenvalue weighted by atomic mass is 32.2. The van der Waals surface area contributed by atoms with Gasteiger partial charge in [0.2, 0.25) is 21.9 Å². The normalized spacial score (nSPS) is 21.1. The van der Waals surface area contributed by atoms with Gasteiger partial charge >= 0.3 is 0 Å². The Hall–Kier alpha value is -5.51. The molecule has 0 bridgehead atoms. The van der Waals surface area contributed by atoms with Gasteiger partial charge in [0.25, 0.3) is 12.3 Å². The third-order valence-corrected chi connectivity index (χ3v) is 10.3. The number of nitrogens with zero attached hydrogens (tertiary/aromatic N) is 6. The van der Waals surface area contributed by atoms with Crippen molar-refractivity contribution in [1.82, 2.24) is 34.7 Å². The molecule has 2 aromatic heterocycles. The Morgan fingerprint density at radius 3 is 2.44 bits per heavy atom. The van der Waals surface area contributed by atoms with Gasteiger partial charge in [0.05, 0.1) is 25.1 Å². The molecule has 0 saturated heterocycles. The van der Waals surface area contributed by atoms with E-state index >= 15 is 8.78 Å². The van der Waals surface area contributed by atoms with Crippen LogP contribution >= 0.6 is 0 Å². The number of likely N-dealkylation sites (N-methyl/N-ethyl adjacent to an activating group) is 1. The second-order valence-corrected chi connectivity index (χ2v) is 17.1. The summed E-state index contributed by atoms with van der Waals surface area (Å²) in [5, 5.41) is 12.4. The van der Waals surface area contributed by atoms with Crippen molar-refractivity contribution in [2.24, 2.45) is 16.4 Å². The number of alkyl halides is 4. The van der Waals surface area contributed by atoms with E-state index in [-0.39, 0.29) is 47.2 Å². The first-order chi connectivity index (χ1) is 26.6. The van der Waals surface area contributed by atoms with E-state index in [9.17, 15) is 30.8 Å². The van der Waals surface area contributed by atoms with Crippen LogP contribution in [0.4, 0.5) is 26.3 Å². The van der Waals surface area contributed by atoms with Gasteiger partial charge in [-0.05, 0) is 87.4 Å². The fourth-order valence-electron chi connectivity index (χ4n) is 7.50. The van der Waals surface area contributed by atoms with Gasteiger partial charge < -0.3 is 10.1 Å². The maximum Gasteiger partial charge on any atom is 0.293 e. The van der Waals surface area contributed by atoms with Gasteiger partial charge in [-0.15, -0.1) is 5.10 Å². The lowest BCUT2D eigenvalue weighted by molar-refractivity contribution is -0.123. The van der Waals surface area contributed by atoms with Crippen LogP contribution in [0.3, 0.4) is 0 Å². The van der Waals surface area contributed by atoms with Gasteiger partial charge in [-0.1, -0.05) is 5.92 Å². The van der Waals surface area contributed by atoms with Crippen LogP contribution in [0.15, 0.2) is 53.5 Å². The highest BCUT2D eigenvalue weighted by Crippen LogP contribution is 2.68. The summed E-state index contributed by atoms with van der Waals surface area (Å²) in [5.41, 5.74) is -0.955. The molecule has 2 aliphatic carbocycles. The van der Waals surface area contributed by atoms with Gasteiger partial charge in [-0.25, -0.2) is 31.0 Å². The van der Waals surface area contributed by atoms with Crippen molar-refractivity contribution in [3.8, 4) is 11.8 Å². The molecule has 0 radical (unpaired) electrons.